The van der Waals surface area contributed by atoms with Crippen molar-refractivity contribution in [3.8, 4) is 17.0 Å². The van der Waals surface area contributed by atoms with E-state index in [9.17, 15) is 14.4 Å². The first-order chi connectivity index (χ1) is 25.3. The molecule has 3 N–H and O–H groups in total. The third-order valence-corrected chi connectivity index (χ3v) is 12.1. The molecule has 8 rings (SSSR count). The van der Waals surface area contributed by atoms with Gasteiger partial charge < -0.3 is 20.3 Å². The summed E-state index contributed by atoms with van der Waals surface area (Å²) in [7, 11) is 1.98. The zero-order chi connectivity index (χ0) is 35.8. The first-order valence-corrected chi connectivity index (χ1v) is 19.5. The minimum absolute atomic E-state index is 0.156. The van der Waals surface area contributed by atoms with E-state index < -0.39 is 6.04 Å². The number of imide groups is 1. The Morgan fingerprint density at radius 3 is 2.58 bits per heavy atom. The second-order valence-electron chi connectivity index (χ2n) is 14.5. The first kappa shape index (κ1) is 34.7. The Balaban J connectivity index is 0.791. The van der Waals surface area contributed by atoms with Crippen LogP contribution < -0.4 is 20.7 Å². The fourth-order valence-corrected chi connectivity index (χ4v) is 8.72. The van der Waals surface area contributed by atoms with Crippen molar-refractivity contribution < 1.29 is 19.1 Å². The van der Waals surface area contributed by atoms with Gasteiger partial charge in [0.25, 0.3) is 5.91 Å². The molecule has 12 nitrogen and oxygen atoms in total. The molecule has 0 radical (unpaired) electrons. The summed E-state index contributed by atoms with van der Waals surface area (Å²) in [5, 5.41) is 16.6. The van der Waals surface area contributed by atoms with E-state index in [1.54, 1.807) is 11.1 Å². The lowest BCUT2D eigenvalue weighted by molar-refractivity contribution is -0.132. The van der Waals surface area contributed by atoms with Crippen LogP contribution in [0.4, 0.5) is 5.95 Å². The van der Waals surface area contributed by atoms with Crippen molar-refractivity contribution in [1.29, 1.82) is 0 Å². The number of ether oxygens (including phenoxy) is 1. The van der Waals surface area contributed by atoms with E-state index in [2.05, 4.69) is 38.2 Å². The quantitative estimate of drug-likeness (QED) is 0.154. The second-order valence-corrected chi connectivity index (χ2v) is 15.8. The molecule has 1 saturated heterocycles. The van der Waals surface area contributed by atoms with Crippen LogP contribution in [-0.2, 0) is 42.8 Å². The summed E-state index contributed by atoms with van der Waals surface area (Å²) >= 11 is 8.09. The normalized spacial score (nSPS) is 21.9. The molecule has 3 fully saturated rings. The van der Waals surface area contributed by atoms with Crippen LogP contribution in [0.5, 0.6) is 5.75 Å². The van der Waals surface area contributed by atoms with Crippen LogP contribution in [0.1, 0.15) is 89.8 Å². The molecule has 14 heteroatoms. The van der Waals surface area contributed by atoms with Crippen LogP contribution in [0.15, 0.2) is 42.0 Å². The molecule has 3 aromatic heterocycles. The highest BCUT2D eigenvalue weighted by atomic mass is 35.5. The molecule has 1 atom stereocenters. The Bertz CT molecular complexity index is 1970. The van der Waals surface area contributed by atoms with Gasteiger partial charge in [0, 0.05) is 65.7 Å². The number of aryl methyl sites for hydroxylation is 1. The third-order valence-electron chi connectivity index (χ3n) is 10.8. The summed E-state index contributed by atoms with van der Waals surface area (Å²) in [6, 6.07) is 8.24. The highest BCUT2D eigenvalue weighted by Crippen LogP contribution is 2.37. The summed E-state index contributed by atoms with van der Waals surface area (Å²) in [5.74, 6) is 1.28. The summed E-state index contributed by atoms with van der Waals surface area (Å²) in [6.45, 7) is 1.48. The van der Waals surface area contributed by atoms with Crippen molar-refractivity contribution in [1.82, 2.24) is 35.3 Å². The highest BCUT2D eigenvalue weighted by molar-refractivity contribution is 7.10. The van der Waals surface area contributed by atoms with Gasteiger partial charge in [-0.2, -0.15) is 5.10 Å². The zero-order valence-corrected chi connectivity index (χ0v) is 30.8. The van der Waals surface area contributed by atoms with E-state index in [1.807, 2.05) is 35.4 Å². The van der Waals surface area contributed by atoms with Crippen molar-refractivity contribution in [3.63, 3.8) is 0 Å². The molecular formula is C38H43ClN8O4S. The van der Waals surface area contributed by atoms with Crippen molar-refractivity contribution in [2.75, 3.05) is 5.32 Å². The van der Waals surface area contributed by atoms with E-state index in [0.717, 1.165) is 72.0 Å². The maximum atomic E-state index is 13.1. The summed E-state index contributed by atoms with van der Waals surface area (Å²) < 4.78 is 8.07. The number of carbonyl (C=O) groups excluding carboxylic acids is 3. The molecule has 5 heterocycles. The standard InChI is InChI=1S/C38H43ClN8O4S/c1-46-32(15-22-5-6-22)27(17-42-46)35-30(39)18-41-38(45-35)43-25-11-9-24(10-12-25)40-16-23-7-13-26(14-8-23)51-20-33-28-19-47(37(50)29(28)21-52-33)31-3-2-4-34(48)44-36(31)49/h7-8,13-14,17-18,21-22,24-25,31,40H,2-6,9-12,15-16,19-20H2,1H3,(H,41,43,45)(H,44,48,49). The smallest absolute Gasteiger partial charge is 0.256 e. The molecule has 2 aliphatic heterocycles. The molecule has 0 spiro atoms. The van der Waals surface area contributed by atoms with Crippen molar-refractivity contribution in [2.24, 2.45) is 13.0 Å². The molecule has 2 aliphatic carbocycles. The van der Waals surface area contributed by atoms with E-state index in [-0.39, 0.29) is 17.7 Å². The monoisotopic (exact) mass is 742 g/mol. The number of hydrogen-bond acceptors (Lipinski definition) is 10. The summed E-state index contributed by atoms with van der Waals surface area (Å²) in [6.07, 6.45) is 12.6. The second kappa shape index (κ2) is 15.0. The minimum atomic E-state index is -0.626. The topological polar surface area (TPSA) is 143 Å². The van der Waals surface area contributed by atoms with Gasteiger partial charge >= 0.3 is 0 Å². The number of thiophene rings is 1. The Hall–Kier alpha value is -4.33. The molecule has 0 bridgehead atoms. The van der Waals surface area contributed by atoms with Crippen LogP contribution in [-0.4, -0.2) is 60.5 Å². The lowest BCUT2D eigenvalue weighted by atomic mass is 9.91. The molecule has 52 heavy (non-hydrogen) atoms. The number of hydrogen-bond donors (Lipinski definition) is 3. The van der Waals surface area contributed by atoms with Gasteiger partial charge in [0.2, 0.25) is 17.8 Å². The van der Waals surface area contributed by atoms with E-state index in [4.69, 9.17) is 21.3 Å². The number of aromatic nitrogens is 4. The van der Waals surface area contributed by atoms with Gasteiger partial charge in [-0.15, -0.1) is 11.3 Å². The third kappa shape index (κ3) is 7.58. The van der Waals surface area contributed by atoms with Gasteiger partial charge in [-0.3, -0.25) is 24.4 Å². The number of nitrogens with zero attached hydrogens (tertiary/aromatic N) is 5. The Morgan fingerprint density at radius 2 is 1.79 bits per heavy atom. The molecule has 3 amide bonds. The van der Waals surface area contributed by atoms with Crippen LogP contribution in [0, 0.1) is 5.92 Å². The lowest BCUT2D eigenvalue weighted by Crippen LogP contribution is -2.47. The van der Waals surface area contributed by atoms with Gasteiger partial charge in [-0.25, -0.2) is 9.97 Å². The van der Waals surface area contributed by atoms with Crippen molar-refractivity contribution in [3.05, 3.63) is 74.3 Å². The lowest BCUT2D eigenvalue weighted by Gasteiger charge is -2.30. The number of amides is 3. The first-order valence-electron chi connectivity index (χ1n) is 18.3. The minimum Gasteiger partial charge on any atom is -0.488 e. The number of benzene rings is 1. The van der Waals surface area contributed by atoms with Crippen LogP contribution >= 0.6 is 22.9 Å². The Labute approximate surface area is 311 Å². The van der Waals surface area contributed by atoms with Gasteiger partial charge in [0.15, 0.2) is 0 Å². The molecule has 4 aromatic rings. The number of anilines is 1. The molecule has 4 aliphatic rings. The van der Waals surface area contributed by atoms with Gasteiger partial charge in [-0.1, -0.05) is 23.7 Å². The van der Waals surface area contributed by atoms with Gasteiger partial charge in [-0.05, 0) is 81.4 Å². The van der Waals surface area contributed by atoms with E-state index in [1.165, 1.54) is 35.4 Å². The van der Waals surface area contributed by atoms with Crippen LogP contribution in [0.25, 0.3) is 11.3 Å². The summed E-state index contributed by atoms with van der Waals surface area (Å²) in [4.78, 5) is 49.4. The largest absolute Gasteiger partial charge is 0.488 e. The maximum Gasteiger partial charge on any atom is 0.256 e. The number of nitrogens with one attached hydrogen (secondary N) is 3. The van der Waals surface area contributed by atoms with Gasteiger partial charge in [0.1, 0.15) is 18.4 Å². The predicted molar refractivity (Wildman–Crippen MR) is 198 cm³/mol. The SMILES string of the molecule is Cn1ncc(-c2nc(NC3CCC(NCc4ccc(OCc5scc6c5CN(C5CCCC(=O)NC5=O)C6=O)cc4)CC3)ncc2Cl)c1CC1CC1. The molecule has 272 valence electrons. The average Bonchev–Trinajstić information content (AvgIpc) is 3.71. The number of rotatable bonds is 12. The molecule has 1 aromatic carbocycles. The Kier molecular flexibility index (Phi) is 9.99. The molecular weight excluding hydrogens is 700 g/mol. The molecule has 1 unspecified atom stereocenters. The van der Waals surface area contributed by atoms with Crippen LogP contribution in [0.2, 0.25) is 5.02 Å². The fourth-order valence-electron chi connectivity index (χ4n) is 7.58. The van der Waals surface area contributed by atoms with Crippen LogP contribution in [0.3, 0.4) is 0 Å². The number of carbonyl (C=O) groups is 3. The summed E-state index contributed by atoms with van der Waals surface area (Å²) in [5.41, 5.74) is 5.65. The van der Waals surface area contributed by atoms with Crippen molar-refractivity contribution in [2.45, 2.75) is 102 Å². The maximum absolute atomic E-state index is 13.1. The van der Waals surface area contributed by atoms with Gasteiger partial charge in [0.05, 0.1) is 28.7 Å². The Morgan fingerprint density at radius 1 is 1.00 bits per heavy atom. The van der Waals surface area contributed by atoms with E-state index >= 15 is 0 Å². The number of fused-ring (bicyclic) bond motifs is 1. The van der Waals surface area contributed by atoms with E-state index in [0.29, 0.717) is 61.0 Å². The predicted octanol–water partition coefficient (Wildman–Crippen LogP) is 5.79. The highest BCUT2D eigenvalue weighted by Gasteiger charge is 2.39. The molecule has 2 saturated carbocycles. The fraction of sp³-hybridized carbons (Fsp3) is 0.474. The average molecular weight is 743 g/mol. The number of halogens is 1. The van der Waals surface area contributed by atoms with Crippen molar-refractivity contribution >= 4 is 46.6 Å². The zero-order valence-electron chi connectivity index (χ0n) is 29.2.